The summed E-state index contributed by atoms with van der Waals surface area (Å²) in [6.07, 6.45) is 0. The number of hydrogen-bond donors (Lipinski definition) is 1. The van der Waals surface area contributed by atoms with E-state index in [1.54, 1.807) is 0 Å². The number of nitrogens with one attached hydrogen (secondary N) is 1. The van der Waals surface area contributed by atoms with E-state index in [0.29, 0.717) is 11.4 Å². The summed E-state index contributed by atoms with van der Waals surface area (Å²) in [6.45, 7) is 4.00. The zero-order chi connectivity index (χ0) is 11.2. The van der Waals surface area contributed by atoms with E-state index in [1.807, 2.05) is 25.8 Å². The number of likely N-dealkylation sites (N-methyl/N-ethyl adjacent to an activating group) is 1. The molecule has 0 aliphatic carbocycles. The van der Waals surface area contributed by atoms with Crippen LogP contribution in [-0.2, 0) is 0 Å². The van der Waals surface area contributed by atoms with Crippen LogP contribution in [0.5, 0.6) is 0 Å². The molecule has 0 radical (unpaired) electrons. The molecule has 1 N–H and O–H groups in total. The SMILES string of the molecule is CC1Nc2cc(F)cc(F)c2N(C)C1C. The Balaban J connectivity index is 2.55. The molecular weight excluding hydrogens is 198 g/mol. The molecule has 2 unspecified atom stereocenters. The summed E-state index contributed by atoms with van der Waals surface area (Å²) in [5.41, 5.74) is 0.975. The molecule has 0 amide bonds. The molecule has 0 bridgehead atoms. The number of hydrogen-bond acceptors (Lipinski definition) is 2. The van der Waals surface area contributed by atoms with Gasteiger partial charge in [-0.05, 0) is 19.9 Å². The Hall–Kier alpha value is -1.32. The lowest BCUT2D eigenvalue weighted by Gasteiger charge is -2.39. The van der Waals surface area contributed by atoms with Gasteiger partial charge in [-0.15, -0.1) is 0 Å². The lowest BCUT2D eigenvalue weighted by atomic mass is 10.0. The third-order valence-corrected chi connectivity index (χ3v) is 3.10. The van der Waals surface area contributed by atoms with Crippen LogP contribution < -0.4 is 10.2 Å². The third-order valence-electron chi connectivity index (χ3n) is 3.10. The first-order valence-corrected chi connectivity index (χ1v) is 4.99. The van der Waals surface area contributed by atoms with Crippen LogP contribution in [0.4, 0.5) is 20.2 Å². The topological polar surface area (TPSA) is 15.3 Å². The van der Waals surface area contributed by atoms with Crippen LogP contribution >= 0.6 is 0 Å². The van der Waals surface area contributed by atoms with E-state index in [-0.39, 0.29) is 12.1 Å². The summed E-state index contributed by atoms with van der Waals surface area (Å²) in [4.78, 5) is 1.84. The molecule has 15 heavy (non-hydrogen) atoms. The first kappa shape index (κ1) is 10.2. The smallest absolute Gasteiger partial charge is 0.151 e. The van der Waals surface area contributed by atoms with Crippen molar-refractivity contribution in [2.24, 2.45) is 0 Å². The van der Waals surface area contributed by atoms with E-state index in [2.05, 4.69) is 5.32 Å². The van der Waals surface area contributed by atoms with Gasteiger partial charge in [0, 0.05) is 25.2 Å². The number of anilines is 2. The van der Waals surface area contributed by atoms with Crippen LogP contribution in [0.2, 0.25) is 0 Å². The zero-order valence-electron chi connectivity index (χ0n) is 9.01. The van der Waals surface area contributed by atoms with E-state index in [4.69, 9.17) is 0 Å². The maximum Gasteiger partial charge on any atom is 0.151 e. The minimum Gasteiger partial charge on any atom is -0.379 e. The highest BCUT2D eigenvalue weighted by Crippen LogP contribution is 2.35. The summed E-state index contributed by atoms with van der Waals surface area (Å²) >= 11 is 0. The fourth-order valence-corrected chi connectivity index (χ4v) is 1.94. The maximum absolute atomic E-state index is 13.6. The molecule has 1 heterocycles. The third kappa shape index (κ3) is 1.54. The van der Waals surface area contributed by atoms with Gasteiger partial charge in [-0.1, -0.05) is 0 Å². The van der Waals surface area contributed by atoms with Crippen molar-refractivity contribution < 1.29 is 8.78 Å². The van der Waals surface area contributed by atoms with Crippen molar-refractivity contribution in [3.8, 4) is 0 Å². The fraction of sp³-hybridized carbons (Fsp3) is 0.455. The van der Waals surface area contributed by atoms with Crippen molar-refractivity contribution in [3.05, 3.63) is 23.8 Å². The van der Waals surface area contributed by atoms with Gasteiger partial charge in [0.2, 0.25) is 0 Å². The predicted molar refractivity (Wildman–Crippen MR) is 57.3 cm³/mol. The number of nitrogens with zero attached hydrogens (tertiary/aromatic N) is 1. The summed E-state index contributed by atoms with van der Waals surface area (Å²) in [7, 11) is 1.82. The van der Waals surface area contributed by atoms with Crippen LogP contribution in [0, 0.1) is 11.6 Å². The van der Waals surface area contributed by atoms with Crippen LogP contribution in [0.15, 0.2) is 12.1 Å². The van der Waals surface area contributed by atoms with Gasteiger partial charge < -0.3 is 10.2 Å². The molecule has 0 aromatic heterocycles. The zero-order valence-corrected chi connectivity index (χ0v) is 9.01. The fourth-order valence-electron chi connectivity index (χ4n) is 1.94. The van der Waals surface area contributed by atoms with Gasteiger partial charge in [0.05, 0.1) is 11.4 Å². The molecular formula is C11H14F2N2. The summed E-state index contributed by atoms with van der Waals surface area (Å²) in [5, 5.41) is 3.10. The maximum atomic E-state index is 13.6. The van der Waals surface area contributed by atoms with Crippen LogP contribution in [0.3, 0.4) is 0 Å². The van der Waals surface area contributed by atoms with Gasteiger partial charge in [0.25, 0.3) is 0 Å². The van der Waals surface area contributed by atoms with Crippen molar-refractivity contribution in [2.75, 3.05) is 17.3 Å². The standard InChI is InChI=1S/C11H14F2N2/c1-6-7(2)15(3)11-9(13)4-8(12)5-10(11)14-6/h4-7,14H,1-3H3. The number of rotatable bonds is 0. The second kappa shape index (κ2) is 3.36. The highest BCUT2D eigenvalue weighted by Gasteiger charge is 2.28. The quantitative estimate of drug-likeness (QED) is 0.711. The van der Waals surface area contributed by atoms with Gasteiger partial charge in [-0.25, -0.2) is 8.78 Å². The monoisotopic (exact) mass is 212 g/mol. The molecule has 2 rings (SSSR count). The van der Waals surface area contributed by atoms with Crippen molar-refractivity contribution in [3.63, 3.8) is 0 Å². The highest BCUT2D eigenvalue weighted by atomic mass is 19.1. The van der Waals surface area contributed by atoms with Crippen molar-refractivity contribution in [2.45, 2.75) is 25.9 Å². The molecule has 4 heteroatoms. The van der Waals surface area contributed by atoms with Crippen molar-refractivity contribution in [1.29, 1.82) is 0 Å². The Kier molecular flexibility index (Phi) is 2.29. The molecule has 0 saturated heterocycles. The molecule has 1 aliphatic heterocycles. The Labute approximate surface area is 87.9 Å². The molecule has 2 atom stereocenters. The van der Waals surface area contributed by atoms with Gasteiger partial charge in [-0.3, -0.25) is 0 Å². The van der Waals surface area contributed by atoms with E-state index < -0.39 is 11.6 Å². The van der Waals surface area contributed by atoms with Crippen molar-refractivity contribution >= 4 is 11.4 Å². The number of fused-ring (bicyclic) bond motifs is 1. The van der Waals surface area contributed by atoms with Gasteiger partial charge in [0.1, 0.15) is 5.82 Å². The molecule has 0 saturated carbocycles. The van der Waals surface area contributed by atoms with E-state index in [0.717, 1.165) is 6.07 Å². The summed E-state index contributed by atoms with van der Waals surface area (Å²) in [5.74, 6) is -1.06. The Morgan fingerprint density at radius 1 is 1.27 bits per heavy atom. The largest absolute Gasteiger partial charge is 0.379 e. The summed E-state index contributed by atoms with van der Waals surface area (Å²) < 4.78 is 26.6. The van der Waals surface area contributed by atoms with Crippen molar-refractivity contribution in [1.82, 2.24) is 0 Å². The van der Waals surface area contributed by atoms with Gasteiger partial charge in [0.15, 0.2) is 5.82 Å². The second-order valence-corrected chi connectivity index (χ2v) is 4.07. The first-order chi connectivity index (χ1) is 7.00. The minimum atomic E-state index is -0.547. The molecule has 1 aliphatic rings. The second-order valence-electron chi connectivity index (χ2n) is 4.07. The minimum absolute atomic E-state index is 0.170. The molecule has 2 nitrogen and oxygen atoms in total. The molecule has 0 fully saturated rings. The normalized spacial score (nSPS) is 24.7. The highest BCUT2D eigenvalue weighted by molar-refractivity contribution is 5.73. The van der Waals surface area contributed by atoms with E-state index in [9.17, 15) is 8.78 Å². The number of benzene rings is 1. The molecule has 1 aromatic carbocycles. The Morgan fingerprint density at radius 3 is 2.60 bits per heavy atom. The average molecular weight is 212 g/mol. The molecule has 0 spiro atoms. The van der Waals surface area contributed by atoms with Crippen LogP contribution in [-0.4, -0.2) is 19.1 Å². The van der Waals surface area contributed by atoms with E-state index in [1.165, 1.54) is 6.07 Å². The number of halogens is 2. The summed E-state index contributed by atoms with van der Waals surface area (Å²) in [6, 6.07) is 2.60. The van der Waals surface area contributed by atoms with E-state index >= 15 is 0 Å². The lowest BCUT2D eigenvalue weighted by Crippen LogP contribution is -2.46. The van der Waals surface area contributed by atoms with Crippen LogP contribution in [0.25, 0.3) is 0 Å². The predicted octanol–water partition coefficient (Wildman–Crippen LogP) is 2.60. The molecule has 1 aromatic rings. The molecule has 82 valence electrons. The first-order valence-electron chi connectivity index (χ1n) is 4.99. The lowest BCUT2D eigenvalue weighted by molar-refractivity contribution is 0.544. The van der Waals surface area contributed by atoms with Gasteiger partial charge >= 0.3 is 0 Å². The Morgan fingerprint density at radius 2 is 1.93 bits per heavy atom. The van der Waals surface area contributed by atoms with Crippen LogP contribution in [0.1, 0.15) is 13.8 Å². The van der Waals surface area contributed by atoms with Gasteiger partial charge in [-0.2, -0.15) is 0 Å². The average Bonchev–Trinajstić information content (AvgIpc) is 2.13. The Bertz CT molecular complexity index is 392.